The van der Waals surface area contributed by atoms with Gasteiger partial charge in [0.2, 0.25) is 10.0 Å². The van der Waals surface area contributed by atoms with Crippen molar-refractivity contribution in [2.24, 2.45) is 0 Å². The van der Waals surface area contributed by atoms with E-state index in [-0.39, 0.29) is 17.1 Å². The summed E-state index contributed by atoms with van der Waals surface area (Å²) in [5.74, 6) is 4.20. The summed E-state index contributed by atoms with van der Waals surface area (Å²) in [6, 6.07) is 33.8. The Hall–Kier alpha value is -7.55. The largest absolute Gasteiger partial charge is 2.00 e. The second-order valence-corrected chi connectivity index (χ2v) is 17.6. The fraction of sp³-hybridized carbons (Fsp3) is 0.216. The molecule has 4 aromatic carbocycles. The number of pyridine rings is 1. The summed E-state index contributed by atoms with van der Waals surface area (Å²) < 4.78 is 49.9. The van der Waals surface area contributed by atoms with E-state index in [0.717, 1.165) is 55.9 Å². The van der Waals surface area contributed by atoms with Gasteiger partial charge in [-0.05, 0) is 59.0 Å². The van der Waals surface area contributed by atoms with Crippen LogP contribution in [0.2, 0.25) is 0 Å². The molecule has 2 aliphatic heterocycles. The fourth-order valence-electron chi connectivity index (χ4n) is 7.62. The number of hydrogen-bond acceptors (Lipinski definition) is 15. The molecule has 5 aromatic heterocycles. The maximum Gasteiger partial charge on any atom is 2.00 e. The van der Waals surface area contributed by atoms with Gasteiger partial charge in [0.1, 0.15) is 17.5 Å². The molecule has 11 rings (SSSR count). The average Bonchev–Trinajstić information content (AvgIpc) is 4.10. The van der Waals surface area contributed by atoms with E-state index in [0.29, 0.717) is 83.3 Å². The van der Waals surface area contributed by atoms with Gasteiger partial charge in [0.05, 0.1) is 17.9 Å². The van der Waals surface area contributed by atoms with Crippen LogP contribution in [0.15, 0.2) is 116 Å². The van der Waals surface area contributed by atoms with Crippen molar-refractivity contribution in [3.05, 3.63) is 144 Å². The molecule has 371 valence electrons. The third-order valence-electron chi connectivity index (χ3n) is 10.6. The Labute approximate surface area is 428 Å². The topological polar surface area (TPSA) is 254 Å². The summed E-state index contributed by atoms with van der Waals surface area (Å²) in [6.07, 6.45) is 6.57. The van der Waals surface area contributed by atoms with Crippen LogP contribution in [-0.2, 0) is 50.5 Å². The normalized spacial score (nSPS) is 10.9. The Bertz CT molecular complexity index is 3630. The van der Waals surface area contributed by atoms with Crippen molar-refractivity contribution in [2.75, 3.05) is 12.8 Å². The number of aryl methyl sites for hydroxylation is 3. The average molecular weight is 1050 g/mol. The molecule has 9 aromatic rings. The molecule has 18 nitrogen and oxygen atoms in total. The van der Waals surface area contributed by atoms with Crippen LogP contribution in [0.5, 0.6) is 0 Å². The van der Waals surface area contributed by atoms with Crippen molar-refractivity contribution in [3.8, 4) is 45.6 Å². The predicted molar refractivity (Wildman–Crippen MR) is 274 cm³/mol. The summed E-state index contributed by atoms with van der Waals surface area (Å²) in [5.41, 5.74) is 7.93. The Kier molecular flexibility index (Phi) is 18.3. The van der Waals surface area contributed by atoms with Crippen LogP contribution in [0, 0.1) is 13.8 Å². The van der Waals surface area contributed by atoms with Gasteiger partial charge in [-0.3, -0.25) is 4.98 Å². The Morgan fingerprint density at radius 3 is 1.47 bits per heavy atom. The fourth-order valence-corrected chi connectivity index (χ4v) is 8.14. The quantitative estimate of drug-likeness (QED) is 0.117. The van der Waals surface area contributed by atoms with Crippen LogP contribution in [0.1, 0.15) is 62.7 Å². The van der Waals surface area contributed by atoms with Gasteiger partial charge >= 0.3 is 27.7 Å². The molecule has 1 radical (unpaired) electrons. The predicted octanol–water partition coefficient (Wildman–Crippen LogP) is 8.13. The van der Waals surface area contributed by atoms with Crippen LogP contribution in [-0.4, -0.2) is 83.7 Å². The first-order valence-electron chi connectivity index (χ1n) is 22.8. The standard InChI is InChI=1S/C31H15N9.C16H22N4O2S.2C2H6.Cu.O3S/c1-2-8-17-16(7-1)24-33-25(17)35-27-20-11-5-6-12-21(20)29(37-27)39-31-23-15-32-14-13-22(23)30(40-31)38-28-19-10-4-3-9-18(19)26(34-24)36-28;1-12-7-4-5-8-14(12)11-16-19-13(2)18-15(20-16)9-6-10-17-23(3,21)22;2*1-2;;1-4(2)3/h1-15H;4-5,7-8,17H,6,9-11H2,1-3H3;2*1-2H3;;/q-2;;;;+2;. The maximum absolute atomic E-state index is 11.0. The minimum Gasteiger partial charge on any atom is -0.357 e. The summed E-state index contributed by atoms with van der Waals surface area (Å²) in [7, 11) is -6.25. The van der Waals surface area contributed by atoms with Gasteiger partial charge < -0.3 is 24.9 Å². The Morgan fingerprint density at radius 2 is 0.958 bits per heavy atom. The molecule has 1 N–H and O–H groups in total. The van der Waals surface area contributed by atoms with Gasteiger partial charge in [-0.2, -0.15) is 0 Å². The molecular weight excluding hydrogens is 1000 g/mol. The number of hydrogen-bond donors (Lipinski definition) is 1. The van der Waals surface area contributed by atoms with E-state index in [1.54, 1.807) is 12.4 Å². The third kappa shape index (κ3) is 12.9. The van der Waals surface area contributed by atoms with Crippen molar-refractivity contribution in [1.29, 1.82) is 0 Å². The van der Waals surface area contributed by atoms with Crippen LogP contribution in [0.25, 0.3) is 89.7 Å². The molecule has 0 aliphatic carbocycles. The number of aromatic nitrogens is 12. The molecule has 7 heterocycles. The van der Waals surface area contributed by atoms with Crippen molar-refractivity contribution in [2.45, 2.75) is 60.8 Å². The van der Waals surface area contributed by atoms with Gasteiger partial charge in [-0.25, -0.2) is 43.0 Å². The first-order valence-corrected chi connectivity index (χ1v) is 25.7. The number of sulfonamides is 1. The molecule has 0 atom stereocenters. The molecule has 0 unspecified atom stereocenters. The number of nitrogens with zero attached hydrogens (tertiary/aromatic N) is 12. The second kappa shape index (κ2) is 24.5. The smallest absolute Gasteiger partial charge is 0.357 e. The minimum absolute atomic E-state index is 0. The van der Waals surface area contributed by atoms with E-state index >= 15 is 0 Å². The van der Waals surface area contributed by atoms with Crippen molar-refractivity contribution in [3.63, 3.8) is 0 Å². The molecule has 0 saturated carbocycles. The third-order valence-corrected chi connectivity index (χ3v) is 11.3. The van der Waals surface area contributed by atoms with Crippen LogP contribution in [0.4, 0.5) is 0 Å². The number of nitrogens with one attached hydrogen (secondary N) is 1. The number of benzene rings is 4. The van der Waals surface area contributed by atoms with Gasteiger partial charge in [0, 0.05) is 76.6 Å². The SMILES string of the molecule is CC.CC.Cc1nc(CCCNS(C)(=O)=O)nc(Cc2ccccc2C)n1.O=S(=O)=O.[Cu+2].c1ccc2c(c1)-c1nc3nc(nc4[n-]c(nc5[n-]c(nc-2n1)c1ccccc51)c1ccccc41)-c1ccncc1-3. The van der Waals surface area contributed by atoms with Gasteiger partial charge in [0.15, 0.2) is 11.6 Å². The van der Waals surface area contributed by atoms with E-state index in [4.69, 9.17) is 52.5 Å². The van der Waals surface area contributed by atoms with Crippen molar-refractivity contribution >= 4 is 64.8 Å². The monoisotopic (exact) mass is 1050 g/mol. The molecule has 8 bridgehead atoms. The van der Waals surface area contributed by atoms with Gasteiger partial charge in [0.25, 0.3) is 0 Å². The molecule has 0 fully saturated rings. The Balaban J connectivity index is 0.000000227. The zero-order chi connectivity index (χ0) is 50.7. The van der Waals surface area contributed by atoms with Crippen LogP contribution >= 0.6 is 0 Å². The first kappa shape index (κ1) is 53.8. The molecule has 0 saturated heterocycles. The summed E-state index contributed by atoms with van der Waals surface area (Å²) >= 11 is 0. The van der Waals surface area contributed by atoms with E-state index in [9.17, 15) is 8.42 Å². The maximum atomic E-state index is 11.0. The number of fused-ring (bicyclic) bond motifs is 20. The molecule has 21 heteroatoms. The van der Waals surface area contributed by atoms with E-state index in [1.165, 1.54) is 11.1 Å². The van der Waals surface area contributed by atoms with Crippen LogP contribution in [0.3, 0.4) is 0 Å². The molecule has 0 amide bonds. The van der Waals surface area contributed by atoms with Gasteiger partial charge in [-0.15, -0.1) is 12.6 Å². The first-order chi connectivity index (χ1) is 34.4. The second-order valence-electron chi connectivity index (χ2n) is 15.3. The van der Waals surface area contributed by atoms with Crippen molar-refractivity contribution in [1.82, 2.24) is 64.5 Å². The summed E-state index contributed by atoms with van der Waals surface area (Å²) in [5, 5.41) is 3.53. The summed E-state index contributed by atoms with van der Waals surface area (Å²) in [4.78, 5) is 56.7. The van der Waals surface area contributed by atoms with Crippen LogP contribution < -0.4 is 14.7 Å². The summed E-state index contributed by atoms with van der Waals surface area (Å²) in [6.45, 7) is 12.3. The zero-order valence-electron chi connectivity index (χ0n) is 40.3. The molecule has 0 spiro atoms. The van der Waals surface area contributed by atoms with Crippen molar-refractivity contribution < 1.29 is 38.1 Å². The van der Waals surface area contributed by atoms with E-state index in [1.807, 2.05) is 126 Å². The van der Waals surface area contributed by atoms with Gasteiger partial charge in [-0.1, -0.05) is 125 Å². The van der Waals surface area contributed by atoms with E-state index in [2.05, 4.69) is 43.7 Å². The minimum atomic E-state index is -3.14. The number of rotatable bonds is 7. The molecular formula is C51H49CuN13O5S2. The molecule has 2 aliphatic rings. The Morgan fingerprint density at radius 1 is 0.528 bits per heavy atom. The van der Waals surface area contributed by atoms with E-state index < -0.39 is 20.6 Å². The zero-order valence-corrected chi connectivity index (χ0v) is 42.9. The molecule has 72 heavy (non-hydrogen) atoms.